The van der Waals surface area contributed by atoms with E-state index in [1.54, 1.807) is 0 Å². The summed E-state index contributed by atoms with van der Waals surface area (Å²) in [6, 6.07) is 0.401. The van der Waals surface area contributed by atoms with Crippen molar-refractivity contribution in [3.8, 4) is 0 Å². The van der Waals surface area contributed by atoms with Gasteiger partial charge in [0.05, 0.1) is 12.4 Å². The summed E-state index contributed by atoms with van der Waals surface area (Å²) >= 11 is 0. The second-order valence-electron chi connectivity index (χ2n) is 5.58. The zero-order valence-electron chi connectivity index (χ0n) is 11.1. The Kier molecular flexibility index (Phi) is 3.36. The van der Waals surface area contributed by atoms with Gasteiger partial charge in [-0.25, -0.2) is 4.98 Å². The second-order valence-corrected chi connectivity index (χ2v) is 5.58. The van der Waals surface area contributed by atoms with Crippen LogP contribution in [0, 0.1) is 5.92 Å². The van der Waals surface area contributed by atoms with Gasteiger partial charge in [0.25, 0.3) is 5.91 Å². The number of rotatable bonds is 1. The van der Waals surface area contributed by atoms with E-state index < -0.39 is 0 Å². The van der Waals surface area contributed by atoms with Gasteiger partial charge in [0.2, 0.25) is 0 Å². The summed E-state index contributed by atoms with van der Waals surface area (Å²) in [5.41, 5.74) is 5.99. The summed E-state index contributed by atoms with van der Waals surface area (Å²) in [5, 5.41) is 0. The van der Waals surface area contributed by atoms with E-state index in [9.17, 15) is 4.79 Å². The van der Waals surface area contributed by atoms with Gasteiger partial charge in [0, 0.05) is 12.6 Å². The third kappa shape index (κ3) is 2.41. The quantitative estimate of drug-likeness (QED) is 0.836. The molecule has 2 heterocycles. The molecule has 5 heteroatoms. The SMILES string of the molecule is Nc1cncc(C(=O)N2CCCC3CCCCC32)n1. The number of aromatic nitrogens is 2. The summed E-state index contributed by atoms with van der Waals surface area (Å²) in [6.07, 6.45) is 10.3. The van der Waals surface area contributed by atoms with Gasteiger partial charge in [-0.05, 0) is 31.6 Å². The first kappa shape index (κ1) is 12.4. The van der Waals surface area contributed by atoms with Crippen LogP contribution in [0.5, 0.6) is 0 Å². The number of hydrogen-bond acceptors (Lipinski definition) is 4. The molecule has 2 aliphatic rings. The predicted octanol–water partition coefficient (Wildman–Crippen LogP) is 1.85. The standard InChI is InChI=1S/C14H20N4O/c15-13-9-16-8-11(17-13)14(19)18-7-3-5-10-4-1-2-6-12(10)18/h8-10,12H,1-7H2,(H2,15,17). The van der Waals surface area contributed by atoms with Gasteiger partial charge in [0.15, 0.2) is 0 Å². The molecule has 1 aliphatic heterocycles. The van der Waals surface area contributed by atoms with E-state index in [4.69, 9.17) is 5.73 Å². The number of hydrogen-bond donors (Lipinski definition) is 1. The molecule has 1 aliphatic carbocycles. The molecule has 102 valence electrons. The van der Waals surface area contributed by atoms with Gasteiger partial charge >= 0.3 is 0 Å². The van der Waals surface area contributed by atoms with E-state index in [1.165, 1.54) is 38.1 Å². The molecule has 1 saturated carbocycles. The highest BCUT2D eigenvalue weighted by atomic mass is 16.2. The lowest BCUT2D eigenvalue weighted by molar-refractivity contribution is 0.0385. The average Bonchev–Trinajstić information content (AvgIpc) is 2.46. The monoisotopic (exact) mass is 260 g/mol. The topological polar surface area (TPSA) is 72.1 Å². The Bertz CT molecular complexity index is 474. The van der Waals surface area contributed by atoms with Gasteiger partial charge in [-0.1, -0.05) is 12.8 Å². The van der Waals surface area contributed by atoms with Gasteiger partial charge in [-0.2, -0.15) is 0 Å². The summed E-state index contributed by atoms with van der Waals surface area (Å²) in [6.45, 7) is 0.844. The maximum Gasteiger partial charge on any atom is 0.274 e. The highest BCUT2D eigenvalue weighted by Crippen LogP contribution is 2.35. The van der Waals surface area contributed by atoms with Crippen molar-refractivity contribution in [3.05, 3.63) is 18.1 Å². The average molecular weight is 260 g/mol. The highest BCUT2D eigenvalue weighted by molar-refractivity contribution is 5.92. The number of carbonyl (C=O) groups is 1. The van der Waals surface area contributed by atoms with Crippen LogP contribution in [-0.2, 0) is 0 Å². The van der Waals surface area contributed by atoms with E-state index in [0.717, 1.165) is 19.4 Å². The van der Waals surface area contributed by atoms with Crippen LogP contribution in [0.15, 0.2) is 12.4 Å². The molecular weight excluding hydrogens is 240 g/mol. The molecule has 2 unspecified atom stereocenters. The van der Waals surface area contributed by atoms with Gasteiger partial charge in [-0.3, -0.25) is 9.78 Å². The van der Waals surface area contributed by atoms with Crippen LogP contribution in [0.4, 0.5) is 5.82 Å². The van der Waals surface area contributed by atoms with Crippen LogP contribution in [-0.4, -0.2) is 33.4 Å². The van der Waals surface area contributed by atoms with Crippen LogP contribution >= 0.6 is 0 Å². The molecule has 0 radical (unpaired) electrons. The number of piperidine rings is 1. The van der Waals surface area contributed by atoms with Gasteiger partial charge in [0.1, 0.15) is 11.5 Å². The van der Waals surface area contributed by atoms with Crippen molar-refractivity contribution in [1.82, 2.24) is 14.9 Å². The lowest BCUT2D eigenvalue weighted by Gasteiger charge is -2.43. The fourth-order valence-corrected chi connectivity index (χ4v) is 3.51. The smallest absolute Gasteiger partial charge is 0.274 e. The Morgan fingerprint density at radius 3 is 2.84 bits per heavy atom. The van der Waals surface area contributed by atoms with Crippen molar-refractivity contribution in [1.29, 1.82) is 0 Å². The van der Waals surface area contributed by atoms with Crippen LogP contribution in [0.2, 0.25) is 0 Å². The maximum atomic E-state index is 12.6. The zero-order chi connectivity index (χ0) is 13.2. The second kappa shape index (κ2) is 5.15. The molecule has 2 atom stereocenters. The largest absolute Gasteiger partial charge is 0.382 e. The van der Waals surface area contributed by atoms with Crippen LogP contribution in [0.3, 0.4) is 0 Å². The summed E-state index contributed by atoms with van der Waals surface area (Å²) < 4.78 is 0. The number of amides is 1. The highest BCUT2D eigenvalue weighted by Gasteiger charge is 2.36. The minimum Gasteiger partial charge on any atom is -0.382 e. The maximum absolute atomic E-state index is 12.6. The Hall–Kier alpha value is -1.65. The van der Waals surface area contributed by atoms with Gasteiger partial charge < -0.3 is 10.6 Å². The third-order valence-corrected chi connectivity index (χ3v) is 4.38. The Labute approximate surface area is 113 Å². The van der Waals surface area contributed by atoms with Crippen molar-refractivity contribution in [3.63, 3.8) is 0 Å². The third-order valence-electron chi connectivity index (χ3n) is 4.38. The van der Waals surface area contributed by atoms with Crippen LogP contribution < -0.4 is 5.73 Å². The number of nitrogen functional groups attached to an aromatic ring is 1. The number of fused-ring (bicyclic) bond motifs is 1. The molecule has 5 nitrogen and oxygen atoms in total. The van der Waals surface area contributed by atoms with E-state index >= 15 is 0 Å². The van der Waals surface area contributed by atoms with E-state index in [0.29, 0.717) is 23.5 Å². The summed E-state index contributed by atoms with van der Waals surface area (Å²) in [5.74, 6) is 0.986. The molecule has 0 aromatic carbocycles. The molecule has 3 rings (SSSR count). The van der Waals surface area contributed by atoms with Crippen molar-refractivity contribution >= 4 is 11.7 Å². The number of nitrogens with zero attached hydrogens (tertiary/aromatic N) is 3. The zero-order valence-corrected chi connectivity index (χ0v) is 11.1. The predicted molar refractivity (Wildman–Crippen MR) is 72.5 cm³/mol. The number of carbonyl (C=O) groups excluding carboxylic acids is 1. The molecule has 1 aromatic rings. The van der Waals surface area contributed by atoms with E-state index in [2.05, 4.69) is 9.97 Å². The first-order valence-corrected chi connectivity index (χ1v) is 7.14. The molecule has 2 fully saturated rings. The van der Waals surface area contributed by atoms with Crippen LogP contribution in [0.25, 0.3) is 0 Å². The minimum absolute atomic E-state index is 0.00333. The fraction of sp³-hybridized carbons (Fsp3) is 0.643. The lowest BCUT2D eigenvalue weighted by Crippen LogP contribution is -2.49. The molecule has 0 bridgehead atoms. The lowest BCUT2D eigenvalue weighted by atomic mass is 9.78. The van der Waals surface area contributed by atoms with E-state index in [-0.39, 0.29) is 5.91 Å². The van der Waals surface area contributed by atoms with E-state index in [1.807, 2.05) is 4.90 Å². The van der Waals surface area contributed by atoms with Crippen molar-refractivity contribution < 1.29 is 4.79 Å². The Morgan fingerprint density at radius 2 is 2.00 bits per heavy atom. The Morgan fingerprint density at radius 1 is 1.21 bits per heavy atom. The molecule has 2 N–H and O–H groups in total. The fourth-order valence-electron chi connectivity index (χ4n) is 3.51. The normalized spacial score (nSPS) is 26.8. The Balaban J connectivity index is 1.82. The van der Waals surface area contributed by atoms with Crippen molar-refractivity contribution in [2.24, 2.45) is 5.92 Å². The molecular formula is C14H20N4O. The van der Waals surface area contributed by atoms with Crippen molar-refractivity contribution in [2.45, 2.75) is 44.6 Å². The van der Waals surface area contributed by atoms with Gasteiger partial charge in [-0.15, -0.1) is 0 Å². The molecule has 1 amide bonds. The molecule has 1 aromatic heterocycles. The number of nitrogens with two attached hydrogens (primary N) is 1. The molecule has 1 saturated heterocycles. The minimum atomic E-state index is -0.00333. The first-order chi connectivity index (χ1) is 9.25. The number of likely N-dealkylation sites (tertiary alicyclic amines) is 1. The first-order valence-electron chi connectivity index (χ1n) is 7.14. The molecule has 0 spiro atoms. The summed E-state index contributed by atoms with van der Waals surface area (Å²) in [7, 11) is 0. The molecule has 19 heavy (non-hydrogen) atoms. The number of anilines is 1. The van der Waals surface area contributed by atoms with Crippen LogP contribution in [0.1, 0.15) is 49.0 Å². The van der Waals surface area contributed by atoms with Crippen molar-refractivity contribution in [2.75, 3.05) is 12.3 Å². The summed E-state index contributed by atoms with van der Waals surface area (Å²) in [4.78, 5) is 22.7.